The van der Waals surface area contributed by atoms with Crippen LogP contribution in [0.4, 0.5) is 46.5 Å². The van der Waals surface area contributed by atoms with E-state index in [1.54, 1.807) is 79.5 Å². The number of ether oxygens (including phenoxy) is 7. The van der Waals surface area contributed by atoms with Crippen LogP contribution in [0.5, 0.6) is 0 Å². The molecule has 2 radical (unpaired) electrons. The fraction of sp³-hybridized carbons (Fsp3) is 0.593. The highest BCUT2D eigenvalue weighted by atomic mass is 16.6. The lowest BCUT2D eigenvalue weighted by Crippen LogP contribution is -2.44. The Hall–Kier alpha value is -12.3. The second-order valence-electron chi connectivity index (χ2n) is 40.0. The number of nitrogens with zero attached hydrogens (tertiary/aromatic N) is 11. The number of carboxylic acid groups (broad SMARTS) is 1. The number of nitrogens with one attached hydrogen (secondary N) is 8. The largest absolute Gasteiger partial charge is 0.480 e. The summed E-state index contributed by atoms with van der Waals surface area (Å²) in [6, 6.07) is 18.1. The van der Waals surface area contributed by atoms with Crippen LogP contribution >= 0.6 is 0 Å². The fourth-order valence-electron chi connectivity index (χ4n) is 11.9. The number of imidazole rings is 2. The molecule has 714 valence electrons. The smallest absolute Gasteiger partial charge is 0.425 e. The number of aromatic nitrogens is 11. The van der Waals surface area contributed by atoms with E-state index in [0.717, 1.165) is 56.0 Å². The highest BCUT2D eigenvalue weighted by Gasteiger charge is 2.38. The third-order valence-corrected chi connectivity index (χ3v) is 17.5. The second-order valence-corrected chi connectivity index (χ2v) is 40.0. The van der Waals surface area contributed by atoms with Gasteiger partial charge >= 0.3 is 54.2 Å². The van der Waals surface area contributed by atoms with Crippen molar-refractivity contribution < 1.29 is 81.4 Å². The van der Waals surface area contributed by atoms with Crippen LogP contribution in [-0.4, -0.2) is 218 Å². The van der Waals surface area contributed by atoms with Gasteiger partial charge in [-0.15, -0.1) is 0 Å². The first-order valence-electron chi connectivity index (χ1n) is 43.3. The minimum absolute atomic E-state index is 0.0285. The first-order valence-corrected chi connectivity index (χ1v) is 43.3. The molecular formula is C91H138BN19O19. The van der Waals surface area contributed by atoms with E-state index in [1.807, 2.05) is 196 Å². The zero-order valence-corrected chi connectivity index (χ0v) is 81.3. The Morgan fingerprint density at radius 3 is 1.38 bits per heavy atom. The highest BCUT2D eigenvalue weighted by Crippen LogP contribution is 2.45. The molecule has 130 heavy (non-hydrogen) atoms. The van der Waals surface area contributed by atoms with Gasteiger partial charge in [0, 0.05) is 85.6 Å². The number of H-pyrrole nitrogens is 2. The number of aryl methyl sites for hydroxylation is 1. The average Bonchev–Trinajstić information content (AvgIpc) is 1.56. The van der Waals surface area contributed by atoms with Gasteiger partial charge in [0.1, 0.15) is 52.4 Å². The lowest BCUT2D eigenvalue weighted by Gasteiger charge is -2.28. The van der Waals surface area contributed by atoms with E-state index in [9.17, 15) is 52.7 Å². The van der Waals surface area contributed by atoms with Crippen LogP contribution in [0.15, 0.2) is 83.0 Å². The van der Waals surface area contributed by atoms with Gasteiger partial charge in [0.05, 0.1) is 26.4 Å². The van der Waals surface area contributed by atoms with E-state index >= 15 is 0 Å². The standard InChI is InChI=1S/C27H45N7O6.C21H21BN2O5.C18H28N4O3.C17H28N6O3.C8H16O2/c1-24(2,3)33-16-30-17-18(33)31-20(28-14-13-15-29-21(35)38-25(4,5)6)32-19(17)34(22(36)39-26(7,8)9)23(37)40-27(10,11)12;22-11-19(25)24(12-20(26)27)10-9-23-21(28)29-13-18-16-7-3-1-5-14(16)15-6-2-4-8-17(15)18;1-17(2,3)22-11-12-10-13(20-14(12)21-15(22)23)8-7-9-19-16(24)25-18(4,5)6;1-16(2,3)23-10-20-11-12(23)21-14(22-13(11)24)18-8-7-9-19-15(25)26-17(4,5)6;1-6(2)7(9)10-8(3,4)5/h16H,13-15H2,1-12H3,(H,29,35)(H,28,31,32);1-8,18H,9-13H2,(H,23,28)(H,26,27);10-11H,7-9H2,1-6H3,(H,19,24)(H,20,21,23);10H,7-9H2,1-6H3,(H,19,25)(H2,18,21,22,24);6H,1-5H3. The molecule has 6 aromatic heterocycles. The Bertz CT molecular complexity index is 5230. The number of aliphatic carboxylic acids is 1. The summed E-state index contributed by atoms with van der Waals surface area (Å²) in [5.74, 6) is -1.39. The number of fused-ring (bicyclic) bond motifs is 6. The number of aromatic amines is 2. The molecular weight excluding hydrogens is 1670 g/mol. The minimum atomic E-state index is -1.15. The molecule has 0 atom stereocenters. The average molecular weight is 1810 g/mol. The van der Waals surface area contributed by atoms with Gasteiger partial charge in [-0.1, -0.05) is 62.4 Å². The number of rotatable bonds is 24. The molecule has 7 amide bonds. The number of anilines is 3. The first-order chi connectivity index (χ1) is 59.8. The van der Waals surface area contributed by atoms with Crippen LogP contribution in [0, 0.1) is 5.92 Å². The number of carbonyl (C=O) groups excluding carboxylic acids is 8. The Labute approximate surface area is 762 Å². The maximum absolute atomic E-state index is 13.3. The van der Waals surface area contributed by atoms with Crippen molar-refractivity contribution in [3.63, 3.8) is 0 Å². The molecule has 1 aliphatic rings. The van der Waals surface area contributed by atoms with Crippen molar-refractivity contribution >= 4 is 113 Å². The molecule has 0 saturated heterocycles. The van der Waals surface area contributed by atoms with Gasteiger partial charge in [0.25, 0.3) is 5.56 Å². The lowest BCUT2D eigenvalue weighted by molar-refractivity contribution is -0.158. The van der Waals surface area contributed by atoms with E-state index in [4.69, 9.17) is 46.1 Å². The van der Waals surface area contributed by atoms with Crippen molar-refractivity contribution in [3.8, 4) is 11.1 Å². The van der Waals surface area contributed by atoms with Gasteiger partial charge in [0.15, 0.2) is 28.1 Å². The normalized spacial score (nSPS) is 12.3. The van der Waals surface area contributed by atoms with Crippen molar-refractivity contribution in [2.45, 2.75) is 289 Å². The van der Waals surface area contributed by atoms with Gasteiger partial charge in [-0.05, 0) is 247 Å². The Morgan fingerprint density at radius 1 is 0.508 bits per heavy atom. The third kappa shape index (κ3) is 36.7. The molecule has 9 rings (SSSR count). The fourth-order valence-corrected chi connectivity index (χ4v) is 11.9. The second kappa shape index (κ2) is 45.8. The van der Waals surface area contributed by atoms with Crippen molar-refractivity contribution in [3.05, 3.63) is 111 Å². The number of hydrogen-bond donors (Lipinski definition) is 9. The van der Waals surface area contributed by atoms with E-state index in [0.29, 0.717) is 74.0 Å². The summed E-state index contributed by atoms with van der Waals surface area (Å²) in [6.45, 7) is 55.7. The molecule has 6 heterocycles. The van der Waals surface area contributed by atoms with Crippen LogP contribution < -0.4 is 48.0 Å². The SMILES string of the molecule is CC(C)(C)OC(=O)NCCCNc1nc(N(C(=O)OC(C)(C)C)C(=O)OC(C)(C)C)c2ncn(C(C)(C)C)c2n1.CC(C)(C)OC(=O)NCCCNc1nc2c(ncn2C(C)(C)C)c(=O)[nH]1.CC(C)(C)OC(=O)NCCCc1cc2cn(C(C)(C)C)c(=O)nc2[nH]1.CC(C)C(=O)OC(C)(C)C.[B]CC(=O)N(CCNC(=O)OCC1c2ccccc2-c2ccccc21)CC(=O)O. The molecule has 0 aliphatic heterocycles. The van der Waals surface area contributed by atoms with Crippen LogP contribution in [-0.2, 0) is 70.6 Å². The van der Waals surface area contributed by atoms with Crippen LogP contribution in [0.1, 0.15) is 243 Å². The third-order valence-electron chi connectivity index (χ3n) is 17.5. The van der Waals surface area contributed by atoms with Crippen molar-refractivity contribution in [1.82, 2.24) is 79.7 Å². The highest BCUT2D eigenvalue weighted by molar-refractivity contribution is 6.19. The molecule has 39 heteroatoms. The molecule has 2 aromatic carbocycles. The number of esters is 1. The minimum Gasteiger partial charge on any atom is -0.480 e. The molecule has 1 aliphatic carbocycles. The molecule has 8 aromatic rings. The van der Waals surface area contributed by atoms with Crippen molar-refractivity contribution in [1.29, 1.82) is 0 Å². The molecule has 38 nitrogen and oxygen atoms in total. The Balaban J connectivity index is 0.000000300. The molecule has 0 saturated carbocycles. The summed E-state index contributed by atoms with van der Waals surface area (Å²) in [6.07, 6.45) is 3.53. The van der Waals surface area contributed by atoms with Gasteiger partial charge in [-0.3, -0.25) is 28.7 Å². The van der Waals surface area contributed by atoms with Crippen LogP contribution in [0.3, 0.4) is 0 Å². The molecule has 0 spiro atoms. The number of alkyl carbamates (subject to hydrolysis) is 4. The molecule has 0 bridgehead atoms. The molecule has 9 N–H and O–H groups in total. The first kappa shape index (κ1) is 108. The van der Waals surface area contributed by atoms with Gasteiger partial charge in [-0.2, -0.15) is 24.8 Å². The number of amides is 7. The predicted octanol–water partition coefficient (Wildman–Crippen LogP) is 14.7. The number of benzene rings is 2. The summed E-state index contributed by atoms with van der Waals surface area (Å²) in [4.78, 5) is 166. The number of carbonyl (C=O) groups is 9. The van der Waals surface area contributed by atoms with Crippen LogP contribution in [0.2, 0.25) is 6.32 Å². The summed E-state index contributed by atoms with van der Waals surface area (Å²) < 4.78 is 42.5. The number of hydrogen-bond acceptors (Lipinski definition) is 26. The maximum atomic E-state index is 13.3. The van der Waals surface area contributed by atoms with E-state index in [2.05, 4.69) is 83.9 Å². The van der Waals surface area contributed by atoms with Crippen LogP contribution in [0.25, 0.3) is 44.5 Å². The van der Waals surface area contributed by atoms with E-state index < -0.39 is 88.5 Å². The van der Waals surface area contributed by atoms with Crippen molar-refractivity contribution in [2.75, 3.05) is 74.5 Å². The van der Waals surface area contributed by atoms with Gasteiger partial charge < -0.3 is 89.2 Å². The lowest BCUT2D eigenvalue weighted by atomic mass is 9.98. The monoisotopic (exact) mass is 1810 g/mol. The summed E-state index contributed by atoms with van der Waals surface area (Å²) >= 11 is 0. The zero-order chi connectivity index (χ0) is 98.2. The summed E-state index contributed by atoms with van der Waals surface area (Å²) in [7, 11) is 5.28. The summed E-state index contributed by atoms with van der Waals surface area (Å²) in [5.41, 5.74) is 2.33. The van der Waals surface area contributed by atoms with E-state index in [1.165, 1.54) is 0 Å². The Morgan fingerprint density at radius 2 is 0.946 bits per heavy atom. The summed E-state index contributed by atoms with van der Waals surface area (Å²) in [5, 5.41) is 26.6. The quantitative estimate of drug-likeness (QED) is 0.0117. The van der Waals surface area contributed by atoms with Crippen molar-refractivity contribution in [2.24, 2.45) is 5.92 Å². The Kier molecular flexibility index (Phi) is 38.1. The zero-order valence-electron chi connectivity index (χ0n) is 81.3. The molecule has 0 fully saturated rings. The van der Waals surface area contributed by atoms with E-state index in [-0.39, 0.29) is 89.0 Å². The number of carboxylic acids is 1. The topological polar surface area (TPSA) is 475 Å². The number of imide groups is 1. The maximum Gasteiger partial charge on any atom is 0.425 e. The van der Waals surface area contributed by atoms with Gasteiger partial charge in [-0.25, -0.2) is 43.5 Å². The van der Waals surface area contributed by atoms with Gasteiger partial charge in [0.2, 0.25) is 17.8 Å². The predicted molar refractivity (Wildman–Crippen MR) is 500 cm³/mol. The molecule has 0 unspecified atom stereocenters.